The van der Waals surface area contributed by atoms with Crippen LogP contribution < -0.4 is 0 Å². The molecule has 1 nitrogen and oxygen atoms in total. The third kappa shape index (κ3) is 3.56. The van der Waals surface area contributed by atoms with Gasteiger partial charge in [0.1, 0.15) is 11.6 Å². The molecule has 0 bridgehead atoms. The van der Waals surface area contributed by atoms with Gasteiger partial charge >= 0.3 is 0 Å². The number of hydrogen-bond acceptors (Lipinski definition) is 1. The molecule has 0 aromatic heterocycles. The molecule has 1 N–H and O–H groups in total. The lowest BCUT2D eigenvalue weighted by Gasteiger charge is -2.24. The highest BCUT2D eigenvalue weighted by Gasteiger charge is 2.24. The molecule has 3 heteroatoms. The minimum atomic E-state index is -1.17. The molecule has 0 amide bonds. The molecule has 0 aliphatic heterocycles. The number of hydrogen-bond donors (Lipinski definition) is 1. The van der Waals surface area contributed by atoms with Crippen molar-refractivity contribution >= 4 is 0 Å². The van der Waals surface area contributed by atoms with E-state index in [1.54, 1.807) is 6.92 Å². The molecule has 90 valence electrons. The van der Waals surface area contributed by atoms with Gasteiger partial charge in [-0.3, -0.25) is 0 Å². The maximum atomic E-state index is 13.0. The van der Waals surface area contributed by atoms with Crippen LogP contribution in [0.25, 0.3) is 0 Å². The Balaban J connectivity index is 2.88. The summed E-state index contributed by atoms with van der Waals surface area (Å²) in [6, 6.07) is 3.18. The van der Waals surface area contributed by atoms with Crippen LogP contribution in [0.2, 0.25) is 0 Å². The van der Waals surface area contributed by atoms with E-state index in [-0.39, 0.29) is 0 Å². The third-order valence-corrected chi connectivity index (χ3v) is 2.69. The Labute approximate surface area is 95.1 Å². The van der Waals surface area contributed by atoms with Gasteiger partial charge in [0.05, 0.1) is 5.60 Å². The molecule has 0 aliphatic carbocycles. The van der Waals surface area contributed by atoms with E-state index in [0.717, 1.165) is 12.5 Å². The summed E-state index contributed by atoms with van der Waals surface area (Å²) in [5, 5.41) is 10.2. The van der Waals surface area contributed by atoms with Crippen LogP contribution in [0.1, 0.15) is 39.2 Å². The molecule has 0 heterocycles. The SMILES string of the molecule is CC(C)CCC(C)(O)c1cc(F)cc(F)c1. The maximum absolute atomic E-state index is 13.0. The van der Waals surface area contributed by atoms with Gasteiger partial charge in [0.2, 0.25) is 0 Å². The molecule has 0 aliphatic rings. The summed E-state index contributed by atoms with van der Waals surface area (Å²) in [7, 11) is 0. The van der Waals surface area contributed by atoms with E-state index in [1.807, 2.05) is 13.8 Å². The minimum absolute atomic E-state index is 0.297. The van der Waals surface area contributed by atoms with Gasteiger partial charge in [0.15, 0.2) is 0 Å². The Bertz CT molecular complexity index is 339. The lowest BCUT2D eigenvalue weighted by Crippen LogP contribution is -2.22. The summed E-state index contributed by atoms with van der Waals surface area (Å²) < 4.78 is 26.0. The highest BCUT2D eigenvalue weighted by molar-refractivity contribution is 5.23. The summed E-state index contributed by atoms with van der Waals surface area (Å²) in [5.41, 5.74) is -0.877. The van der Waals surface area contributed by atoms with Crippen LogP contribution in [-0.2, 0) is 5.60 Å². The molecule has 0 spiro atoms. The zero-order valence-electron chi connectivity index (χ0n) is 9.93. The van der Waals surface area contributed by atoms with Gasteiger partial charge in [-0.2, -0.15) is 0 Å². The first-order valence-electron chi connectivity index (χ1n) is 5.50. The van der Waals surface area contributed by atoms with Crippen molar-refractivity contribution in [1.29, 1.82) is 0 Å². The predicted molar refractivity (Wildman–Crippen MR) is 60.0 cm³/mol. The van der Waals surface area contributed by atoms with Crippen LogP contribution in [0.3, 0.4) is 0 Å². The molecule has 0 saturated carbocycles. The highest BCUT2D eigenvalue weighted by Crippen LogP contribution is 2.28. The lowest BCUT2D eigenvalue weighted by atomic mass is 9.88. The molecule has 0 saturated heterocycles. The van der Waals surface area contributed by atoms with E-state index in [0.29, 0.717) is 17.9 Å². The molecule has 1 aromatic carbocycles. The topological polar surface area (TPSA) is 20.2 Å². The number of benzene rings is 1. The number of halogens is 2. The van der Waals surface area contributed by atoms with Gasteiger partial charge in [-0.25, -0.2) is 8.78 Å². The fourth-order valence-electron chi connectivity index (χ4n) is 1.58. The highest BCUT2D eigenvalue weighted by atomic mass is 19.1. The standard InChI is InChI=1S/C13H18F2O/c1-9(2)4-5-13(3,16)10-6-11(14)8-12(15)7-10/h6-9,16H,4-5H2,1-3H3. The summed E-state index contributed by atoms with van der Waals surface area (Å²) >= 11 is 0. The van der Waals surface area contributed by atoms with E-state index in [1.165, 1.54) is 12.1 Å². The average molecular weight is 228 g/mol. The van der Waals surface area contributed by atoms with E-state index in [4.69, 9.17) is 0 Å². The molecule has 1 atom stereocenters. The Morgan fingerprint density at radius 1 is 1.19 bits per heavy atom. The van der Waals surface area contributed by atoms with Gasteiger partial charge < -0.3 is 5.11 Å². The summed E-state index contributed by atoms with van der Waals surface area (Å²) in [4.78, 5) is 0. The van der Waals surface area contributed by atoms with E-state index >= 15 is 0 Å². The van der Waals surface area contributed by atoms with Gasteiger partial charge in [-0.05, 0) is 43.4 Å². The van der Waals surface area contributed by atoms with Crippen molar-refractivity contribution in [2.75, 3.05) is 0 Å². The van der Waals surface area contributed by atoms with Gasteiger partial charge in [-0.15, -0.1) is 0 Å². The predicted octanol–water partition coefficient (Wildman–Crippen LogP) is 3.61. The summed E-state index contributed by atoms with van der Waals surface area (Å²) in [6.45, 7) is 5.67. The van der Waals surface area contributed by atoms with Crippen LogP contribution in [0.15, 0.2) is 18.2 Å². The Kier molecular flexibility index (Phi) is 4.03. The molecular weight excluding hydrogens is 210 g/mol. The Morgan fingerprint density at radius 2 is 1.69 bits per heavy atom. The first kappa shape index (κ1) is 13.1. The van der Waals surface area contributed by atoms with Crippen LogP contribution >= 0.6 is 0 Å². The smallest absolute Gasteiger partial charge is 0.126 e. The van der Waals surface area contributed by atoms with Crippen molar-refractivity contribution in [3.8, 4) is 0 Å². The van der Waals surface area contributed by atoms with E-state index in [9.17, 15) is 13.9 Å². The summed E-state index contributed by atoms with van der Waals surface area (Å²) in [6.07, 6.45) is 1.30. The van der Waals surface area contributed by atoms with Crippen molar-refractivity contribution in [3.05, 3.63) is 35.4 Å². The van der Waals surface area contributed by atoms with E-state index < -0.39 is 17.2 Å². The average Bonchev–Trinajstić information content (AvgIpc) is 2.13. The van der Waals surface area contributed by atoms with Gasteiger partial charge in [0, 0.05) is 6.07 Å². The molecule has 1 aromatic rings. The third-order valence-electron chi connectivity index (χ3n) is 2.69. The monoisotopic (exact) mass is 228 g/mol. The largest absolute Gasteiger partial charge is 0.385 e. The Morgan fingerprint density at radius 3 is 2.12 bits per heavy atom. The molecular formula is C13H18F2O. The Hall–Kier alpha value is -0.960. The fraction of sp³-hybridized carbons (Fsp3) is 0.538. The van der Waals surface area contributed by atoms with E-state index in [2.05, 4.69) is 0 Å². The van der Waals surface area contributed by atoms with Crippen LogP contribution in [0, 0.1) is 17.6 Å². The second-order valence-electron chi connectivity index (χ2n) is 4.86. The first-order valence-corrected chi connectivity index (χ1v) is 5.50. The zero-order valence-corrected chi connectivity index (χ0v) is 9.93. The second-order valence-corrected chi connectivity index (χ2v) is 4.86. The molecule has 16 heavy (non-hydrogen) atoms. The van der Waals surface area contributed by atoms with Crippen molar-refractivity contribution in [3.63, 3.8) is 0 Å². The van der Waals surface area contributed by atoms with Crippen LogP contribution in [0.4, 0.5) is 8.78 Å². The van der Waals surface area contributed by atoms with Crippen molar-refractivity contribution in [2.45, 2.75) is 39.2 Å². The normalized spacial score (nSPS) is 15.2. The van der Waals surface area contributed by atoms with Gasteiger partial charge in [-0.1, -0.05) is 13.8 Å². The van der Waals surface area contributed by atoms with Crippen molar-refractivity contribution in [1.82, 2.24) is 0 Å². The second kappa shape index (κ2) is 4.91. The van der Waals surface area contributed by atoms with Crippen LogP contribution in [-0.4, -0.2) is 5.11 Å². The minimum Gasteiger partial charge on any atom is -0.385 e. The molecule has 1 unspecified atom stereocenters. The number of aliphatic hydroxyl groups is 1. The molecule has 0 radical (unpaired) electrons. The molecule has 1 rings (SSSR count). The summed E-state index contributed by atoms with van der Waals surface area (Å²) in [5.74, 6) is -0.857. The van der Waals surface area contributed by atoms with Crippen molar-refractivity contribution in [2.24, 2.45) is 5.92 Å². The van der Waals surface area contributed by atoms with Gasteiger partial charge in [0.25, 0.3) is 0 Å². The van der Waals surface area contributed by atoms with Crippen molar-refractivity contribution < 1.29 is 13.9 Å². The maximum Gasteiger partial charge on any atom is 0.126 e. The number of rotatable bonds is 4. The van der Waals surface area contributed by atoms with Crippen LogP contribution in [0.5, 0.6) is 0 Å². The lowest BCUT2D eigenvalue weighted by molar-refractivity contribution is 0.0414. The molecule has 0 fully saturated rings. The first-order chi connectivity index (χ1) is 7.31. The quantitative estimate of drug-likeness (QED) is 0.834. The zero-order chi connectivity index (χ0) is 12.3. The fourth-order valence-corrected chi connectivity index (χ4v) is 1.58.